The van der Waals surface area contributed by atoms with Gasteiger partial charge in [0.25, 0.3) is 5.91 Å². The number of anilines is 1. The van der Waals surface area contributed by atoms with Crippen molar-refractivity contribution in [2.75, 3.05) is 5.32 Å². The average Bonchev–Trinajstić information content (AvgIpc) is 3.24. The second-order valence-electron chi connectivity index (χ2n) is 6.57. The van der Waals surface area contributed by atoms with Crippen LogP contribution in [0.15, 0.2) is 60.8 Å². The molecule has 2 heterocycles. The van der Waals surface area contributed by atoms with E-state index in [1.165, 1.54) is 5.56 Å². The van der Waals surface area contributed by atoms with Crippen molar-refractivity contribution < 1.29 is 4.79 Å². The molecule has 0 unspecified atom stereocenters. The van der Waals surface area contributed by atoms with Crippen molar-refractivity contribution in [2.24, 2.45) is 14.1 Å². The number of nitrogens with zero attached hydrogens (tertiary/aromatic N) is 4. The van der Waals surface area contributed by atoms with Crippen LogP contribution in [0.3, 0.4) is 0 Å². The quantitative estimate of drug-likeness (QED) is 0.594. The molecule has 6 heteroatoms. The first-order valence-electron chi connectivity index (χ1n) is 8.90. The van der Waals surface area contributed by atoms with E-state index in [1.54, 1.807) is 24.0 Å². The summed E-state index contributed by atoms with van der Waals surface area (Å²) in [4.78, 5) is 17.1. The van der Waals surface area contributed by atoms with Crippen molar-refractivity contribution in [3.05, 3.63) is 77.9 Å². The summed E-state index contributed by atoms with van der Waals surface area (Å²) >= 11 is 0. The molecule has 27 heavy (non-hydrogen) atoms. The molecule has 0 fully saturated rings. The average molecular weight is 359 g/mol. The Bertz CT molecular complexity index is 1090. The fraction of sp³-hybridized carbons (Fsp3) is 0.190. The molecule has 0 radical (unpaired) electrons. The van der Waals surface area contributed by atoms with Gasteiger partial charge in [0.15, 0.2) is 0 Å². The van der Waals surface area contributed by atoms with Crippen LogP contribution in [-0.2, 0) is 26.9 Å². The number of hydrogen-bond donors (Lipinski definition) is 1. The summed E-state index contributed by atoms with van der Waals surface area (Å²) < 4.78 is 3.67. The maximum atomic E-state index is 12.4. The van der Waals surface area contributed by atoms with E-state index in [9.17, 15) is 4.79 Å². The maximum absolute atomic E-state index is 12.4. The van der Waals surface area contributed by atoms with Crippen LogP contribution in [0.2, 0.25) is 0 Å². The molecule has 1 N–H and O–H groups in total. The molecule has 2 aromatic heterocycles. The van der Waals surface area contributed by atoms with Gasteiger partial charge < -0.3 is 9.88 Å². The van der Waals surface area contributed by atoms with E-state index >= 15 is 0 Å². The Morgan fingerprint density at radius 1 is 1.04 bits per heavy atom. The van der Waals surface area contributed by atoms with Crippen LogP contribution in [0.25, 0.3) is 11.0 Å². The van der Waals surface area contributed by atoms with Crippen molar-refractivity contribution in [3.63, 3.8) is 0 Å². The summed E-state index contributed by atoms with van der Waals surface area (Å²) in [5.41, 5.74) is 4.47. The van der Waals surface area contributed by atoms with Gasteiger partial charge in [0.2, 0.25) is 0 Å². The minimum absolute atomic E-state index is 0.186. The fourth-order valence-corrected chi connectivity index (χ4v) is 3.24. The van der Waals surface area contributed by atoms with E-state index in [4.69, 9.17) is 4.98 Å². The first-order valence-corrected chi connectivity index (χ1v) is 8.90. The summed E-state index contributed by atoms with van der Waals surface area (Å²) in [6.45, 7) is 0. The molecule has 0 aliphatic heterocycles. The lowest BCUT2D eigenvalue weighted by Gasteiger charge is -2.05. The van der Waals surface area contributed by atoms with Crippen molar-refractivity contribution in [2.45, 2.75) is 12.8 Å². The van der Waals surface area contributed by atoms with Gasteiger partial charge in [-0.25, -0.2) is 4.98 Å². The van der Waals surface area contributed by atoms with Gasteiger partial charge in [-0.3, -0.25) is 9.48 Å². The predicted octanol–water partition coefficient (Wildman–Crippen LogP) is 3.34. The minimum Gasteiger partial charge on any atom is -0.331 e. The van der Waals surface area contributed by atoms with Gasteiger partial charge >= 0.3 is 0 Å². The third-order valence-corrected chi connectivity index (χ3v) is 4.76. The number of aromatic nitrogens is 4. The van der Waals surface area contributed by atoms with Crippen LogP contribution in [0.1, 0.15) is 21.9 Å². The Morgan fingerprint density at radius 2 is 1.85 bits per heavy atom. The normalized spacial score (nSPS) is 11.0. The number of amides is 1. The summed E-state index contributed by atoms with van der Waals surface area (Å²) in [6, 6.07) is 17.9. The highest BCUT2D eigenvalue weighted by molar-refractivity contribution is 6.03. The number of carbonyl (C=O) groups excluding carboxylic acids is 1. The molecule has 0 saturated heterocycles. The van der Waals surface area contributed by atoms with Crippen LogP contribution in [0.5, 0.6) is 0 Å². The van der Waals surface area contributed by atoms with Gasteiger partial charge in [0.05, 0.1) is 11.0 Å². The molecule has 6 nitrogen and oxygen atoms in total. The van der Waals surface area contributed by atoms with Crippen molar-refractivity contribution in [1.82, 2.24) is 19.3 Å². The van der Waals surface area contributed by atoms with Crippen LogP contribution in [-0.4, -0.2) is 25.2 Å². The van der Waals surface area contributed by atoms with Crippen molar-refractivity contribution >= 4 is 22.6 Å². The predicted molar refractivity (Wildman–Crippen MR) is 106 cm³/mol. The molecule has 2 aromatic carbocycles. The van der Waals surface area contributed by atoms with E-state index in [0.29, 0.717) is 5.69 Å². The molecule has 0 saturated carbocycles. The molecule has 0 atom stereocenters. The number of fused-ring (bicyclic) bond motifs is 1. The number of aryl methyl sites for hydroxylation is 4. The molecule has 0 spiro atoms. The first-order chi connectivity index (χ1) is 13.1. The Hall–Kier alpha value is -3.41. The second-order valence-corrected chi connectivity index (χ2v) is 6.57. The summed E-state index contributed by atoms with van der Waals surface area (Å²) in [7, 11) is 3.78. The molecule has 0 bridgehead atoms. The smallest absolute Gasteiger partial charge is 0.273 e. The van der Waals surface area contributed by atoms with Gasteiger partial charge in [-0.05, 0) is 36.2 Å². The highest BCUT2D eigenvalue weighted by Gasteiger charge is 2.12. The van der Waals surface area contributed by atoms with E-state index in [-0.39, 0.29) is 5.91 Å². The molecule has 4 aromatic rings. The summed E-state index contributed by atoms with van der Waals surface area (Å²) in [5, 5.41) is 6.94. The van der Waals surface area contributed by atoms with Gasteiger partial charge in [0, 0.05) is 32.4 Å². The third-order valence-electron chi connectivity index (χ3n) is 4.76. The summed E-state index contributed by atoms with van der Waals surface area (Å²) in [5.74, 6) is 0.846. The molecule has 4 rings (SSSR count). The zero-order valence-electron chi connectivity index (χ0n) is 15.4. The van der Waals surface area contributed by atoms with Crippen LogP contribution in [0.4, 0.5) is 5.69 Å². The van der Waals surface area contributed by atoms with Gasteiger partial charge in [-0.1, -0.05) is 30.3 Å². The van der Waals surface area contributed by atoms with Crippen LogP contribution < -0.4 is 5.32 Å². The van der Waals surface area contributed by atoms with Crippen LogP contribution >= 0.6 is 0 Å². The number of hydrogen-bond acceptors (Lipinski definition) is 3. The van der Waals surface area contributed by atoms with Crippen molar-refractivity contribution in [1.29, 1.82) is 0 Å². The Kier molecular flexibility index (Phi) is 4.46. The lowest BCUT2D eigenvalue weighted by molar-refractivity contribution is 0.101. The van der Waals surface area contributed by atoms with E-state index in [1.807, 2.05) is 31.3 Å². The summed E-state index contributed by atoms with van der Waals surface area (Å²) in [6.07, 6.45) is 3.42. The zero-order chi connectivity index (χ0) is 18.8. The molecular formula is C21H21N5O. The topological polar surface area (TPSA) is 64.7 Å². The van der Waals surface area contributed by atoms with E-state index < -0.39 is 0 Å². The SMILES string of the molecule is Cn1nccc1C(=O)Nc1ccc2c(c1)nc(CCc1ccccc1)n2C. The van der Waals surface area contributed by atoms with Crippen molar-refractivity contribution in [3.8, 4) is 0 Å². The Morgan fingerprint density at radius 3 is 2.59 bits per heavy atom. The van der Waals surface area contributed by atoms with Gasteiger partial charge in [0.1, 0.15) is 11.5 Å². The lowest BCUT2D eigenvalue weighted by Crippen LogP contribution is -2.15. The van der Waals surface area contributed by atoms with E-state index in [0.717, 1.165) is 35.4 Å². The highest BCUT2D eigenvalue weighted by Crippen LogP contribution is 2.21. The van der Waals surface area contributed by atoms with E-state index in [2.05, 4.69) is 39.2 Å². The fourth-order valence-electron chi connectivity index (χ4n) is 3.24. The molecule has 1 amide bonds. The number of carbonyl (C=O) groups is 1. The largest absolute Gasteiger partial charge is 0.331 e. The Labute approximate surface area is 157 Å². The van der Waals surface area contributed by atoms with Gasteiger partial charge in [-0.2, -0.15) is 5.10 Å². The number of imidazole rings is 1. The zero-order valence-corrected chi connectivity index (χ0v) is 15.4. The highest BCUT2D eigenvalue weighted by atomic mass is 16.2. The maximum Gasteiger partial charge on any atom is 0.273 e. The Balaban J connectivity index is 1.54. The monoisotopic (exact) mass is 359 g/mol. The molecule has 136 valence electrons. The number of nitrogens with one attached hydrogen (secondary N) is 1. The molecule has 0 aliphatic rings. The molecule has 0 aliphatic carbocycles. The first kappa shape index (κ1) is 17.0. The number of rotatable bonds is 5. The third kappa shape index (κ3) is 3.46. The lowest BCUT2D eigenvalue weighted by atomic mass is 10.1. The standard InChI is InChI=1S/C21H21N5O/c1-25-18-10-9-16(23-21(27)19-12-13-22-26(19)2)14-17(18)24-20(25)11-8-15-6-4-3-5-7-15/h3-7,9-10,12-14H,8,11H2,1-2H3,(H,23,27). The number of benzene rings is 2. The minimum atomic E-state index is -0.186. The van der Waals surface area contributed by atoms with Gasteiger partial charge in [-0.15, -0.1) is 0 Å². The van der Waals surface area contributed by atoms with Crippen LogP contribution in [0, 0.1) is 0 Å². The second kappa shape index (κ2) is 7.07. The molecular weight excluding hydrogens is 338 g/mol.